The van der Waals surface area contributed by atoms with Gasteiger partial charge in [0, 0.05) is 0 Å². The van der Waals surface area contributed by atoms with Crippen LogP contribution in [0.3, 0.4) is 0 Å². The Labute approximate surface area is 120 Å². The van der Waals surface area contributed by atoms with Gasteiger partial charge in [-0.2, -0.15) is 0 Å². The van der Waals surface area contributed by atoms with Gasteiger partial charge in [0.05, 0.1) is 6.42 Å². The van der Waals surface area contributed by atoms with E-state index < -0.39 is 10.9 Å². The molecule has 108 valence electrons. The Balaban J connectivity index is 2.03. The highest BCUT2D eigenvalue weighted by Crippen LogP contribution is 2.23. The van der Waals surface area contributed by atoms with Crippen molar-refractivity contribution in [1.29, 1.82) is 0 Å². The molecule has 1 heterocycles. The number of carboxylic acids is 1. The number of benzene rings is 1. The van der Waals surface area contributed by atoms with Crippen molar-refractivity contribution >= 4 is 11.8 Å². The summed E-state index contributed by atoms with van der Waals surface area (Å²) in [5, 5.41) is 19.5. The van der Waals surface area contributed by atoms with E-state index in [9.17, 15) is 14.9 Å². The Kier molecular flexibility index (Phi) is 4.45. The second-order valence-corrected chi connectivity index (χ2v) is 4.26. The summed E-state index contributed by atoms with van der Waals surface area (Å²) in [6.45, 7) is 0.139. The van der Waals surface area contributed by atoms with E-state index in [1.54, 1.807) is 30.3 Å². The fourth-order valence-electron chi connectivity index (χ4n) is 1.72. The molecule has 7 heteroatoms. The summed E-state index contributed by atoms with van der Waals surface area (Å²) >= 11 is 0. The Morgan fingerprint density at radius 1 is 1.24 bits per heavy atom. The molecular weight excluding hydrogens is 276 g/mol. The maximum absolute atomic E-state index is 10.8. The van der Waals surface area contributed by atoms with Crippen molar-refractivity contribution in [3.8, 4) is 5.75 Å². The van der Waals surface area contributed by atoms with Crippen LogP contribution >= 0.6 is 0 Å². The first-order chi connectivity index (χ1) is 10.1. The Morgan fingerprint density at radius 3 is 2.52 bits per heavy atom. The molecule has 21 heavy (non-hydrogen) atoms. The van der Waals surface area contributed by atoms with E-state index >= 15 is 0 Å². The molecule has 0 saturated heterocycles. The second-order valence-electron chi connectivity index (χ2n) is 4.26. The van der Waals surface area contributed by atoms with Gasteiger partial charge in [-0.1, -0.05) is 24.3 Å². The molecule has 1 N–H and O–H groups in total. The van der Waals surface area contributed by atoms with Crippen LogP contribution < -0.4 is 4.74 Å². The van der Waals surface area contributed by atoms with Gasteiger partial charge in [-0.05, 0) is 33.2 Å². The summed E-state index contributed by atoms with van der Waals surface area (Å²) < 4.78 is 5.38. The third-order valence-corrected chi connectivity index (χ3v) is 2.70. The molecular formula is C14H12N2O5. The van der Waals surface area contributed by atoms with Gasteiger partial charge in [0.15, 0.2) is 0 Å². The molecule has 2 aromatic rings. The maximum atomic E-state index is 10.8. The van der Waals surface area contributed by atoms with Crippen LogP contribution in [0.2, 0.25) is 0 Å². The van der Waals surface area contributed by atoms with Gasteiger partial charge in [0.25, 0.3) is 0 Å². The number of hydrogen-bond donors (Lipinski definition) is 1. The molecule has 0 saturated carbocycles. The van der Waals surface area contributed by atoms with Crippen molar-refractivity contribution in [3.63, 3.8) is 0 Å². The predicted molar refractivity (Wildman–Crippen MR) is 73.0 cm³/mol. The zero-order valence-electron chi connectivity index (χ0n) is 10.9. The lowest BCUT2D eigenvalue weighted by Gasteiger charge is -2.06. The molecule has 0 bridgehead atoms. The van der Waals surface area contributed by atoms with Crippen LogP contribution in [0.1, 0.15) is 11.1 Å². The molecule has 0 aliphatic heterocycles. The van der Waals surface area contributed by atoms with Crippen LogP contribution in [0.5, 0.6) is 5.75 Å². The highest BCUT2D eigenvalue weighted by Gasteiger charge is 2.15. The standard InChI is InChI=1S/C14H12N2O5/c17-13(18)8-10-3-5-11(6-4-10)9-21-12-2-1-7-15-14(12)16(19)20/h1-7H,8-9H2,(H,17,18). The molecule has 1 aromatic carbocycles. The number of pyridine rings is 1. The van der Waals surface area contributed by atoms with Crippen LogP contribution in [0.4, 0.5) is 5.82 Å². The summed E-state index contributed by atoms with van der Waals surface area (Å²) in [6.07, 6.45) is 1.28. The number of aromatic nitrogens is 1. The Bertz CT molecular complexity index is 655. The number of aliphatic carboxylic acids is 1. The average molecular weight is 288 g/mol. The molecule has 0 spiro atoms. The van der Waals surface area contributed by atoms with Crippen molar-refractivity contribution in [2.24, 2.45) is 0 Å². The van der Waals surface area contributed by atoms with E-state index in [-0.39, 0.29) is 24.6 Å². The Morgan fingerprint density at radius 2 is 1.90 bits per heavy atom. The SMILES string of the molecule is O=C(O)Cc1ccc(COc2cccnc2[N+](=O)[O-])cc1. The highest BCUT2D eigenvalue weighted by molar-refractivity contribution is 5.70. The molecule has 2 rings (SSSR count). The van der Waals surface area contributed by atoms with Crippen LogP contribution in [0.25, 0.3) is 0 Å². The quantitative estimate of drug-likeness (QED) is 0.645. The topological polar surface area (TPSA) is 103 Å². The summed E-state index contributed by atoms with van der Waals surface area (Å²) in [5.41, 5.74) is 1.46. The van der Waals surface area contributed by atoms with E-state index in [0.29, 0.717) is 5.56 Å². The van der Waals surface area contributed by atoms with Crippen molar-refractivity contribution in [3.05, 3.63) is 63.8 Å². The van der Waals surface area contributed by atoms with E-state index in [0.717, 1.165) is 5.56 Å². The summed E-state index contributed by atoms with van der Waals surface area (Å²) in [6, 6.07) is 9.85. The average Bonchev–Trinajstić information content (AvgIpc) is 2.46. The van der Waals surface area contributed by atoms with Crippen LogP contribution in [0.15, 0.2) is 42.6 Å². The van der Waals surface area contributed by atoms with E-state index in [1.165, 1.54) is 12.3 Å². The first kappa shape index (κ1) is 14.4. The largest absolute Gasteiger partial charge is 0.481 e. The number of carboxylic acid groups (broad SMARTS) is 1. The third-order valence-electron chi connectivity index (χ3n) is 2.70. The van der Waals surface area contributed by atoms with Gasteiger partial charge in [0.1, 0.15) is 12.8 Å². The van der Waals surface area contributed by atoms with Gasteiger partial charge in [-0.3, -0.25) is 4.79 Å². The fraction of sp³-hybridized carbons (Fsp3) is 0.143. The van der Waals surface area contributed by atoms with Gasteiger partial charge in [0.2, 0.25) is 5.75 Å². The van der Waals surface area contributed by atoms with Crippen LogP contribution in [-0.2, 0) is 17.8 Å². The van der Waals surface area contributed by atoms with Crippen molar-refractivity contribution < 1.29 is 19.6 Å². The molecule has 0 aliphatic carbocycles. The van der Waals surface area contributed by atoms with E-state index in [1.807, 2.05) is 0 Å². The minimum absolute atomic E-state index is 0.0464. The van der Waals surface area contributed by atoms with Crippen molar-refractivity contribution in [2.75, 3.05) is 0 Å². The normalized spacial score (nSPS) is 10.1. The number of nitro groups is 1. The molecule has 0 aliphatic rings. The first-order valence-electron chi connectivity index (χ1n) is 6.08. The minimum Gasteiger partial charge on any atom is -0.481 e. The van der Waals surface area contributed by atoms with Gasteiger partial charge >= 0.3 is 11.8 Å². The first-order valence-corrected chi connectivity index (χ1v) is 6.08. The molecule has 0 amide bonds. The van der Waals surface area contributed by atoms with E-state index in [2.05, 4.69) is 4.98 Å². The smallest absolute Gasteiger partial charge is 0.406 e. The molecule has 0 radical (unpaired) electrons. The van der Waals surface area contributed by atoms with Gasteiger partial charge in [-0.25, -0.2) is 0 Å². The second kappa shape index (κ2) is 6.47. The Hall–Kier alpha value is -2.96. The van der Waals surface area contributed by atoms with Crippen molar-refractivity contribution in [1.82, 2.24) is 4.98 Å². The predicted octanol–water partition coefficient (Wildman–Crippen LogP) is 2.20. The lowest BCUT2D eigenvalue weighted by molar-refractivity contribution is -0.390. The zero-order chi connectivity index (χ0) is 15.2. The monoisotopic (exact) mass is 288 g/mol. The number of rotatable bonds is 6. The van der Waals surface area contributed by atoms with Gasteiger partial charge in [-0.15, -0.1) is 0 Å². The number of nitrogens with zero attached hydrogens (tertiary/aromatic N) is 2. The molecule has 0 unspecified atom stereocenters. The number of ether oxygens (including phenoxy) is 1. The van der Waals surface area contributed by atoms with Crippen LogP contribution in [0, 0.1) is 10.1 Å². The zero-order valence-corrected chi connectivity index (χ0v) is 10.9. The summed E-state index contributed by atoms with van der Waals surface area (Å²) in [7, 11) is 0. The summed E-state index contributed by atoms with van der Waals surface area (Å²) in [4.78, 5) is 24.4. The molecule has 7 nitrogen and oxygen atoms in total. The van der Waals surface area contributed by atoms with E-state index in [4.69, 9.17) is 9.84 Å². The van der Waals surface area contributed by atoms with Crippen molar-refractivity contribution in [2.45, 2.75) is 13.0 Å². The highest BCUT2D eigenvalue weighted by atomic mass is 16.6. The molecule has 0 atom stereocenters. The molecule has 0 fully saturated rings. The van der Waals surface area contributed by atoms with Gasteiger partial charge < -0.3 is 20.0 Å². The number of hydrogen-bond acceptors (Lipinski definition) is 5. The fourth-order valence-corrected chi connectivity index (χ4v) is 1.72. The lowest BCUT2D eigenvalue weighted by Crippen LogP contribution is -2.02. The third kappa shape index (κ3) is 4.00. The summed E-state index contributed by atoms with van der Waals surface area (Å²) in [5.74, 6) is -1.14. The lowest BCUT2D eigenvalue weighted by atomic mass is 10.1. The minimum atomic E-state index is -0.898. The molecule has 1 aromatic heterocycles. The number of carbonyl (C=O) groups is 1. The maximum Gasteiger partial charge on any atom is 0.406 e. The van der Waals surface area contributed by atoms with Crippen LogP contribution in [-0.4, -0.2) is 21.0 Å².